The van der Waals surface area contributed by atoms with E-state index >= 15 is 0 Å². The Morgan fingerprint density at radius 1 is 1.26 bits per heavy atom. The first-order valence-electron chi connectivity index (χ1n) is 5.85. The number of aryl methyl sites for hydroxylation is 1. The second kappa shape index (κ2) is 5.97. The molecule has 19 heavy (non-hydrogen) atoms. The van der Waals surface area contributed by atoms with Gasteiger partial charge in [-0.25, -0.2) is 4.39 Å². The molecule has 0 fully saturated rings. The molecule has 0 aromatic heterocycles. The summed E-state index contributed by atoms with van der Waals surface area (Å²) in [5, 5.41) is 2.70. The van der Waals surface area contributed by atoms with E-state index in [1.165, 1.54) is 6.07 Å². The largest absolute Gasteiger partial charge is 0.348 e. The number of halogens is 2. The van der Waals surface area contributed by atoms with Crippen LogP contribution in [0.4, 0.5) is 4.39 Å². The van der Waals surface area contributed by atoms with Crippen LogP contribution in [0.5, 0.6) is 0 Å². The summed E-state index contributed by atoms with van der Waals surface area (Å²) in [6.07, 6.45) is 0. The van der Waals surface area contributed by atoms with Crippen molar-refractivity contribution in [3.63, 3.8) is 0 Å². The van der Waals surface area contributed by atoms with E-state index < -0.39 is 0 Å². The second-order valence-corrected chi connectivity index (χ2v) is 5.09. The zero-order chi connectivity index (χ0) is 13.8. The summed E-state index contributed by atoms with van der Waals surface area (Å²) in [5.41, 5.74) is 2.08. The monoisotopic (exact) mass is 321 g/mol. The van der Waals surface area contributed by atoms with Gasteiger partial charge in [-0.1, -0.05) is 40.2 Å². The predicted octanol–water partition coefficient (Wildman–Crippen LogP) is 3.83. The molecule has 0 saturated heterocycles. The van der Waals surface area contributed by atoms with E-state index in [1.807, 2.05) is 13.0 Å². The maximum absolute atomic E-state index is 13.4. The van der Waals surface area contributed by atoms with E-state index in [-0.39, 0.29) is 18.3 Å². The summed E-state index contributed by atoms with van der Waals surface area (Å²) in [6, 6.07) is 11.8. The van der Waals surface area contributed by atoms with Crippen LogP contribution < -0.4 is 5.32 Å². The smallest absolute Gasteiger partial charge is 0.251 e. The SMILES string of the molecule is Cc1ccc(C(=O)NCc2ccccc2F)cc1Br. The maximum atomic E-state index is 13.4. The number of nitrogens with one attached hydrogen (secondary N) is 1. The van der Waals surface area contributed by atoms with E-state index in [4.69, 9.17) is 0 Å². The number of hydrogen-bond donors (Lipinski definition) is 1. The first-order chi connectivity index (χ1) is 9.08. The number of rotatable bonds is 3. The minimum Gasteiger partial charge on any atom is -0.348 e. The zero-order valence-corrected chi connectivity index (χ0v) is 12.0. The van der Waals surface area contributed by atoms with Crippen LogP contribution in [0.2, 0.25) is 0 Å². The van der Waals surface area contributed by atoms with Gasteiger partial charge in [0.1, 0.15) is 5.82 Å². The highest BCUT2D eigenvalue weighted by molar-refractivity contribution is 9.10. The van der Waals surface area contributed by atoms with E-state index in [0.29, 0.717) is 11.1 Å². The lowest BCUT2D eigenvalue weighted by atomic mass is 10.1. The lowest BCUT2D eigenvalue weighted by Crippen LogP contribution is -2.23. The van der Waals surface area contributed by atoms with Crippen LogP contribution in [-0.2, 0) is 6.54 Å². The zero-order valence-electron chi connectivity index (χ0n) is 10.4. The fraction of sp³-hybridized carbons (Fsp3) is 0.133. The van der Waals surface area contributed by atoms with Crippen LogP contribution in [0.3, 0.4) is 0 Å². The van der Waals surface area contributed by atoms with Crippen molar-refractivity contribution in [2.45, 2.75) is 13.5 Å². The quantitative estimate of drug-likeness (QED) is 0.914. The van der Waals surface area contributed by atoms with Crippen molar-refractivity contribution >= 4 is 21.8 Å². The lowest BCUT2D eigenvalue weighted by Gasteiger charge is -2.07. The van der Waals surface area contributed by atoms with Crippen LogP contribution in [0.25, 0.3) is 0 Å². The van der Waals surface area contributed by atoms with Crippen LogP contribution in [0, 0.1) is 12.7 Å². The Morgan fingerprint density at radius 2 is 2.00 bits per heavy atom. The third-order valence-electron chi connectivity index (χ3n) is 2.83. The topological polar surface area (TPSA) is 29.1 Å². The van der Waals surface area contributed by atoms with Crippen LogP contribution >= 0.6 is 15.9 Å². The van der Waals surface area contributed by atoms with Crippen molar-refractivity contribution in [1.29, 1.82) is 0 Å². The van der Waals surface area contributed by atoms with Crippen molar-refractivity contribution in [2.24, 2.45) is 0 Å². The minimum atomic E-state index is -0.312. The fourth-order valence-electron chi connectivity index (χ4n) is 1.65. The molecule has 0 spiro atoms. The van der Waals surface area contributed by atoms with Crippen molar-refractivity contribution in [3.8, 4) is 0 Å². The first kappa shape index (κ1) is 13.7. The van der Waals surface area contributed by atoms with Gasteiger partial charge in [0.15, 0.2) is 0 Å². The highest BCUT2D eigenvalue weighted by Gasteiger charge is 2.08. The molecular formula is C15H13BrFNO. The summed E-state index contributed by atoms with van der Waals surface area (Å²) in [5.74, 6) is -0.531. The van der Waals surface area contributed by atoms with Gasteiger partial charge in [0.25, 0.3) is 5.91 Å². The molecule has 2 nitrogen and oxygen atoms in total. The minimum absolute atomic E-state index is 0.178. The molecule has 0 atom stereocenters. The van der Waals surface area contributed by atoms with Gasteiger partial charge in [0.05, 0.1) is 0 Å². The molecular weight excluding hydrogens is 309 g/mol. The number of benzene rings is 2. The third-order valence-corrected chi connectivity index (χ3v) is 3.69. The van der Waals surface area contributed by atoms with E-state index in [9.17, 15) is 9.18 Å². The van der Waals surface area contributed by atoms with Crippen molar-refractivity contribution in [1.82, 2.24) is 5.32 Å². The molecule has 0 aliphatic rings. The van der Waals surface area contributed by atoms with Gasteiger partial charge < -0.3 is 5.32 Å². The molecule has 2 rings (SSSR count). The van der Waals surface area contributed by atoms with Crippen LogP contribution in [0.15, 0.2) is 46.9 Å². The Morgan fingerprint density at radius 3 is 2.68 bits per heavy atom. The third kappa shape index (κ3) is 3.41. The predicted molar refractivity (Wildman–Crippen MR) is 76.4 cm³/mol. The molecule has 2 aromatic rings. The van der Waals surface area contributed by atoms with Gasteiger partial charge in [-0.15, -0.1) is 0 Å². The molecule has 0 aliphatic heterocycles. The summed E-state index contributed by atoms with van der Waals surface area (Å²) >= 11 is 3.38. The van der Waals surface area contributed by atoms with Gasteiger partial charge in [-0.05, 0) is 30.7 Å². The Hall–Kier alpha value is -1.68. The van der Waals surface area contributed by atoms with Gasteiger partial charge >= 0.3 is 0 Å². The van der Waals surface area contributed by atoms with Gasteiger partial charge in [0, 0.05) is 22.1 Å². The van der Waals surface area contributed by atoms with E-state index in [2.05, 4.69) is 21.2 Å². The standard InChI is InChI=1S/C15H13BrFNO/c1-10-6-7-11(8-13(10)16)15(19)18-9-12-4-2-3-5-14(12)17/h2-8H,9H2,1H3,(H,18,19). The molecule has 0 aliphatic carbocycles. The summed E-state index contributed by atoms with van der Waals surface area (Å²) in [6.45, 7) is 2.13. The lowest BCUT2D eigenvalue weighted by molar-refractivity contribution is 0.0950. The average Bonchev–Trinajstić information content (AvgIpc) is 2.40. The molecule has 1 N–H and O–H groups in total. The highest BCUT2D eigenvalue weighted by atomic mass is 79.9. The Balaban J connectivity index is 2.05. The Kier molecular flexibility index (Phi) is 4.32. The summed E-state index contributed by atoms with van der Waals surface area (Å²) in [7, 11) is 0. The highest BCUT2D eigenvalue weighted by Crippen LogP contribution is 2.17. The maximum Gasteiger partial charge on any atom is 0.251 e. The van der Waals surface area contributed by atoms with Crippen molar-refractivity contribution in [3.05, 3.63) is 69.4 Å². The van der Waals surface area contributed by atoms with E-state index in [0.717, 1.165) is 10.0 Å². The molecule has 0 saturated carbocycles. The normalized spacial score (nSPS) is 10.3. The van der Waals surface area contributed by atoms with Gasteiger partial charge in [-0.2, -0.15) is 0 Å². The second-order valence-electron chi connectivity index (χ2n) is 4.24. The molecule has 0 heterocycles. The van der Waals surface area contributed by atoms with Crippen LogP contribution in [-0.4, -0.2) is 5.91 Å². The summed E-state index contributed by atoms with van der Waals surface area (Å²) in [4.78, 5) is 11.9. The molecule has 0 radical (unpaired) electrons. The number of amides is 1. The number of hydrogen-bond acceptors (Lipinski definition) is 1. The van der Waals surface area contributed by atoms with E-state index in [1.54, 1.807) is 30.3 Å². The number of carbonyl (C=O) groups is 1. The van der Waals surface area contributed by atoms with Crippen molar-refractivity contribution < 1.29 is 9.18 Å². The Labute approximate surface area is 119 Å². The molecule has 98 valence electrons. The molecule has 2 aromatic carbocycles. The van der Waals surface area contributed by atoms with Gasteiger partial charge in [0.2, 0.25) is 0 Å². The number of carbonyl (C=O) groups excluding carboxylic acids is 1. The van der Waals surface area contributed by atoms with Gasteiger partial charge in [-0.3, -0.25) is 4.79 Å². The summed E-state index contributed by atoms with van der Waals surface area (Å²) < 4.78 is 14.3. The van der Waals surface area contributed by atoms with Crippen molar-refractivity contribution in [2.75, 3.05) is 0 Å². The first-order valence-corrected chi connectivity index (χ1v) is 6.65. The molecule has 0 unspecified atom stereocenters. The molecule has 0 bridgehead atoms. The average molecular weight is 322 g/mol. The molecule has 4 heteroatoms. The van der Waals surface area contributed by atoms with Crippen LogP contribution in [0.1, 0.15) is 21.5 Å². The Bertz CT molecular complexity index is 613. The molecule has 1 amide bonds. The fourth-order valence-corrected chi connectivity index (χ4v) is 2.03.